The van der Waals surface area contributed by atoms with Crippen molar-refractivity contribution in [2.45, 2.75) is 19.3 Å². The van der Waals surface area contributed by atoms with E-state index in [4.69, 9.17) is 0 Å². The van der Waals surface area contributed by atoms with E-state index in [9.17, 15) is 9.59 Å². The maximum atomic E-state index is 12.0. The standard InChI is InChI=1S/C18H14O2/c19-17-6-5-13-9-14-7-11-3-1-2-4-12(11)8-15(14)10-16(13)18(17)20/h1-4,7-8,10,14H,5-6,9H2. The minimum Gasteiger partial charge on any atom is -0.290 e. The van der Waals surface area contributed by atoms with E-state index in [2.05, 4.69) is 24.3 Å². The molecule has 0 fully saturated rings. The summed E-state index contributed by atoms with van der Waals surface area (Å²) in [5, 5.41) is 2.45. The van der Waals surface area contributed by atoms with Crippen molar-refractivity contribution >= 4 is 23.7 Å². The molecule has 0 aliphatic heterocycles. The highest BCUT2D eigenvalue weighted by molar-refractivity contribution is 6.45. The highest BCUT2D eigenvalue weighted by Gasteiger charge is 2.31. The summed E-state index contributed by atoms with van der Waals surface area (Å²) in [4.78, 5) is 23.6. The van der Waals surface area contributed by atoms with E-state index in [1.165, 1.54) is 10.4 Å². The topological polar surface area (TPSA) is 34.1 Å². The maximum absolute atomic E-state index is 12.0. The van der Waals surface area contributed by atoms with Gasteiger partial charge in [-0.2, -0.15) is 0 Å². The van der Waals surface area contributed by atoms with Crippen LogP contribution in [-0.4, -0.2) is 11.6 Å². The van der Waals surface area contributed by atoms with E-state index >= 15 is 0 Å². The van der Waals surface area contributed by atoms with Crippen LogP contribution in [0.3, 0.4) is 0 Å². The van der Waals surface area contributed by atoms with Gasteiger partial charge in [-0.15, -0.1) is 0 Å². The van der Waals surface area contributed by atoms with Gasteiger partial charge in [0.25, 0.3) is 0 Å². The zero-order chi connectivity index (χ0) is 13.7. The molecule has 4 rings (SSSR count). The van der Waals surface area contributed by atoms with E-state index in [1.54, 1.807) is 0 Å². The Morgan fingerprint density at radius 3 is 2.60 bits per heavy atom. The normalized spacial score (nSPS) is 24.0. The third-order valence-electron chi connectivity index (χ3n) is 4.44. The third-order valence-corrected chi connectivity index (χ3v) is 4.44. The summed E-state index contributed by atoms with van der Waals surface area (Å²) >= 11 is 0. The van der Waals surface area contributed by atoms with Crippen molar-refractivity contribution in [2.24, 2.45) is 5.92 Å². The van der Waals surface area contributed by atoms with E-state index in [0.717, 1.165) is 24.0 Å². The molecule has 1 atom stereocenters. The Hall–Kier alpha value is -2.22. The van der Waals surface area contributed by atoms with Gasteiger partial charge in [-0.25, -0.2) is 0 Å². The molecule has 1 aromatic rings. The van der Waals surface area contributed by atoms with Gasteiger partial charge in [-0.3, -0.25) is 9.59 Å². The van der Waals surface area contributed by atoms with Crippen LogP contribution in [0.1, 0.15) is 19.3 Å². The molecule has 1 aromatic carbocycles. The number of carbonyl (C=O) groups is 2. The van der Waals surface area contributed by atoms with Crippen molar-refractivity contribution in [1.82, 2.24) is 0 Å². The minimum absolute atomic E-state index is 0.237. The lowest BCUT2D eigenvalue weighted by atomic mass is 9.75. The number of Topliss-reactive ketones (excluding diaryl/α,β-unsaturated/α-hetero) is 2. The Balaban J connectivity index is 1.88. The molecule has 3 aliphatic carbocycles. The van der Waals surface area contributed by atoms with Gasteiger partial charge in [-0.1, -0.05) is 42.0 Å². The van der Waals surface area contributed by atoms with Crippen molar-refractivity contribution < 1.29 is 9.59 Å². The molecule has 1 unspecified atom stereocenters. The second-order valence-corrected chi connectivity index (χ2v) is 5.66. The third kappa shape index (κ3) is 1.64. The Kier molecular flexibility index (Phi) is 2.40. The number of allylic oxidation sites excluding steroid dienone is 4. The molecule has 0 aromatic heterocycles. The molecule has 0 amide bonds. The summed E-state index contributed by atoms with van der Waals surface area (Å²) < 4.78 is 0. The molecule has 2 nitrogen and oxygen atoms in total. The first-order valence-electron chi connectivity index (χ1n) is 7.02. The van der Waals surface area contributed by atoms with Gasteiger partial charge in [0.15, 0.2) is 0 Å². The number of benzene rings is 1. The van der Waals surface area contributed by atoms with E-state index in [0.29, 0.717) is 17.9 Å². The van der Waals surface area contributed by atoms with Crippen molar-refractivity contribution in [1.29, 1.82) is 0 Å². The molecule has 3 aliphatic rings. The molecular formula is C18H14O2. The second kappa shape index (κ2) is 4.14. The summed E-state index contributed by atoms with van der Waals surface area (Å²) in [7, 11) is 0. The number of hydrogen-bond donors (Lipinski definition) is 0. The van der Waals surface area contributed by atoms with E-state index in [1.807, 2.05) is 18.2 Å². The van der Waals surface area contributed by atoms with Crippen molar-refractivity contribution in [3.8, 4) is 0 Å². The van der Waals surface area contributed by atoms with Crippen molar-refractivity contribution in [2.75, 3.05) is 0 Å². The lowest BCUT2D eigenvalue weighted by Crippen LogP contribution is -2.32. The smallest absolute Gasteiger partial charge is 0.228 e. The number of rotatable bonds is 0. The van der Waals surface area contributed by atoms with Gasteiger partial charge >= 0.3 is 0 Å². The van der Waals surface area contributed by atoms with Crippen LogP contribution in [0.4, 0.5) is 0 Å². The Morgan fingerprint density at radius 1 is 0.950 bits per heavy atom. The number of ketones is 2. The van der Waals surface area contributed by atoms with Gasteiger partial charge in [0.2, 0.25) is 11.6 Å². The van der Waals surface area contributed by atoms with Crippen molar-refractivity contribution in [3.05, 3.63) is 57.5 Å². The molecule has 0 spiro atoms. The summed E-state index contributed by atoms with van der Waals surface area (Å²) in [6.45, 7) is 0. The molecule has 0 radical (unpaired) electrons. The van der Waals surface area contributed by atoms with Crippen LogP contribution in [0.25, 0.3) is 12.2 Å². The van der Waals surface area contributed by atoms with E-state index < -0.39 is 0 Å². The molecule has 0 N–H and O–H groups in total. The molecular weight excluding hydrogens is 248 g/mol. The molecule has 0 saturated heterocycles. The lowest BCUT2D eigenvalue weighted by Gasteiger charge is -2.28. The summed E-state index contributed by atoms with van der Waals surface area (Å²) in [5.74, 6) is -0.173. The minimum atomic E-state index is -0.288. The largest absolute Gasteiger partial charge is 0.290 e. The Morgan fingerprint density at radius 2 is 1.75 bits per heavy atom. The molecule has 0 heterocycles. The van der Waals surface area contributed by atoms with Crippen molar-refractivity contribution in [3.63, 3.8) is 0 Å². The summed E-state index contributed by atoms with van der Waals surface area (Å²) in [6, 6.07) is 8.28. The Bertz CT molecular complexity index is 821. The van der Waals surface area contributed by atoms with Crippen LogP contribution < -0.4 is 10.4 Å². The summed E-state index contributed by atoms with van der Waals surface area (Å²) in [6.07, 6.45) is 8.38. The average molecular weight is 262 g/mol. The quantitative estimate of drug-likeness (QED) is 0.663. The SMILES string of the molecule is O=C1CCC2=C(C=C3C=c4ccccc4=CC3C2)C1=O. The van der Waals surface area contributed by atoms with Gasteiger partial charge in [-0.05, 0) is 34.9 Å². The van der Waals surface area contributed by atoms with Crippen LogP contribution in [0.2, 0.25) is 0 Å². The fraction of sp³-hybridized carbons (Fsp3) is 0.222. The fourth-order valence-corrected chi connectivity index (χ4v) is 3.35. The summed E-state index contributed by atoms with van der Waals surface area (Å²) in [5.41, 5.74) is 2.98. The first-order chi connectivity index (χ1) is 9.72. The Labute approximate surface area is 116 Å². The zero-order valence-electron chi connectivity index (χ0n) is 11.1. The first-order valence-corrected chi connectivity index (χ1v) is 7.02. The van der Waals surface area contributed by atoms with Crippen LogP contribution in [0, 0.1) is 5.92 Å². The highest BCUT2D eigenvalue weighted by Crippen LogP contribution is 2.36. The fourth-order valence-electron chi connectivity index (χ4n) is 3.35. The maximum Gasteiger partial charge on any atom is 0.228 e. The van der Waals surface area contributed by atoms with Gasteiger partial charge in [0.05, 0.1) is 0 Å². The van der Waals surface area contributed by atoms with Gasteiger partial charge in [0, 0.05) is 17.9 Å². The second-order valence-electron chi connectivity index (χ2n) is 5.66. The van der Waals surface area contributed by atoms with Crippen LogP contribution in [-0.2, 0) is 9.59 Å². The number of hydrogen-bond acceptors (Lipinski definition) is 2. The lowest BCUT2D eigenvalue weighted by molar-refractivity contribution is -0.134. The van der Waals surface area contributed by atoms with Crippen LogP contribution in [0.5, 0.6) is 0 Å². The van der Waals surface area contributed by atoms with Gasteiger partial charge < -0.3 is 0 Å². The molecule has 0 saturated carbocycles. The van der Waals surface area contributed by atoms with Gasteiger partial charge in [0.1, 0.15) is 0 Å². The predicted octanol–water partition coefficient (Wildman–Crippen LogP) is 1.44. The first kappa shape index (κ1) is 11.6. The highest BCUT2D eigenvalue weighted by atomic mass is 16.2. The predicted molar refractivity (Wildman–Crippen MR) is 77.1 cm³/mol. The molecule has 2 heteroatoms. The van der Waals surface area contributed by atoms with Crippen LogP contribution >= 0.6 is 0 Å². The number of fused-ring (bicyclic) bond motifs is 2. The van der Waals surface area contributed by atoms with Crippen LogP contribution in [0.15, 0.2) is 47.1 Å². The number of carbonyl (C=O) groups excluding carboxylic acids is 2. The molecule has 20 heavy (non-hydrogen) atoms. The monoisotopic (exact) mass is 262 g/mol. The average Bonchev–Trinajstić information content (AvgIpc) is 2.47. The zero-order valence-corrected chi connectivity index (χ0v) is 11.1. The molecule has 0 bridgehead atoms. The van der Waals surface area contributed by atoms with E-state index in [-0.39, 0.29) is 11.6 Å². The molecule has 98 valence electrons.